The number of methoxy groups -OCH3 is 1. The number of rotatable bonds is 5. The van der Waals surface area contributed by atoms with Gasteiger partial charge in [0, 0.05) is 27.5 Å². The molecule has 0 bridgehead atoms. The molecule has 10 heteroatoms. The van der Waals surface area contributed by atoms with Crippen molar-refractivity contribution >= 4 is 51.5 Å². The zero-order valence-corrected chi connectivity index (χ0v) is 20.0. The molecular weight excluding hydrogens is 472 g/mol. The number of benzene rings is 1. The molecule has 2 N–H and O–H groups in total. The van der Waals surface area contributed by atoms with Crippen LogP contribution in [0.25, 0.3) is 17.0 Å². The number of nitrogens with zero attached hydrogens (tertiary/aromatic N) is 3. The van der Waals surface area contributed by atoms with Crippen molar-refractivity contribution < 1.29 is 14.3 Å². The van der Waals surface area contributed by atoms with Crippen LogP contribution in [0.5, 0.6) is 0 Å². The van der Waals surface area contributed by atoms with Crippen molar-refractivity contribution in [1.82, 2.24) is 9.13 Å². The van der Waals surface area contributed by atoms with E-state index in [2.05, 4.69) is 4.99 Å². The first-order valence-electron chi connectivity index (χ1n) is 10.4. The lowest BCUT2D eigenvalue weighted by Crippen LogP contribution is -2.39. The van der Waals surface area contributed by atoms with Crippen LogP contribution in [-0.4, -0.2) is 28.1 Å². The number of esters is 1. The van der Waals surface area contributed by atoms with E-state index in [0.29, 0.717) is 20.6 Å². The van der Waals surface area contributed by atoms with Gasteiger partial charge in [0.25, 0.3) is 5.56 Å². The van der Waals surface area contributed by atoms with E-state index in [-0.39, 0.29) is 12.1 Å². The van der Waals surface area contributed by atoms with Gasteiger partial charge in [0.05, 0.1) is 22.9 Å². The summed E-state index contributed by atoms with van der Waals surface area (Å²) in [6, 6.07) is 10.8. The molecule has 1 aliphatic rings. The number of carbonyl (C=O) groups excluding carboxylic acids is 2. The Morgan fingerprint density at radius 2 is 2.03 bits per heavy atom. The van der Waals surface area contributed by atoms with Crippen molar-refractivity contribution in [2.45, 2.75) is 19.5 Å². The van der Waals surface area contributed by atoms with Crippen LogP contribution in [0.2, 0.25) is 0 Å². The molecule has 172 valence electrons. The number of carbonyl (C=O) groups is 2. The fourth-order valence-corrected chi connectivity index (χ4v) is 6.10. The van der Waals surface area contributed by atoms with Crippen molar-refractivity contribution in [2.24, 2.45) is 10.7 Å². The van der Waals surface area contributed by atoms with Gasteiger partial charge in [-0.25, -0.2) is 9.79 Å². The monoisotopic (exact) mass is 492 g/mol. The average Bonchev–Trinajstić information content (AvgIpc) is 3.52. The van der Waals surface area contributed by atoms with E-state index in [1.165, 1.54) is 29.8 Å². The molecule has 0 saturated heterocycles. The van der Waals surface area contributed by atoms with Crippen molar-refractivity contribution in [3.8, 4) is 0 Å². The van der Waals surface area contributed by atoms with E-state index >= 15 is 0 Å². The van der Waals surface area contributed by atoms with Crippen molar-refractivity contribution in [2.75, 3.05) is 7.11 Å². The van der Waals surface area contributed by atoms with Crippen molar-refractivity contribution in [3.63, 3.8) is 0 Å². The van der Waals surface area contributed by atoms with Crippen LogP contribution in [0.15, 0.2) is 69.0 Å². The summed E-state index contributed by atoms with van der Waals surface area (Å²) in [6.45, 7) is 1.79. The highest BCUT2D eigenvalue weighted by Crippen LogP contribution is 2.33. The topological polar surface area (TPSA) is 109 Å². The van der Waals surface area contributed by atoms with E-state index in [1.807, 2.05) is 48.0 Å². The first kappa shape index (κ1) is 22.1. The van der Waals surface area contributed by atoms with Gasteiger partial charge in [-0.05, 0) is 30.5 Å². The Morgan fingerprint density at radius 1 is 1.24 bits per heavy atom. The van der Waals surface area contributed by atoms with Gasteiger partial charge in [-0.1, -0.05) is 35.6 Å². The zero-order valence-electron chi connectivity index (χ0n) is 18.3. The molecule has 1 amide bonds. The number of aromatic nitrogens is 2. The number of ether oxygens (including phenoxy) is 1. The molecular formula is C24H20N4O4S2. The third kappa shape index (κ3) is 3.61. The molecule has 1 aromatic carbocycles. The number of para-hydroxylation sites is 1. The van der Waals surface area contributed by atoms with Crippen LogP contribution in [0.1, 0.15) is 23.4 Å². The molecule has 0 fully saturated rings. The minimum Gasteiger partial charge on any atom is -0.466 e. The van der Waals surface area contributed by atoms with Crippen LogP contribution in [0.3, 0.4) is 0 Å². The average molecular weight is 493 g/mol. The first-order chi connectivity index (χ1) is 16.4. The van der Waals surface area contributed by atoms with Crippen LogP contribution in [0.4, 0.5) is 0 Å². The largest absolute Gasteiger partial charge is 0.466 e. The molecule has 34 heavy (non-hydrogen) atoms. The maximum absolute atomic E-state index is 13.6. The lowest BCUT2D eigenvalue weighted by Gasteiger charge is -2.22. The van der Waals surface area contributed by atoms with Crippen LogP contribution >= 0.6 is 22.7 Å². The second-order valence-electron chi connectivity index (χ2n) is 7.78. The Kier molecular flexibility index (Phi) is 5.54. The van der Waals surface area contributed by atoms with Crippen LogP contribution in [0, 0.1) is 0 Å². The fraction of sp³-hybridized carbons (Fsp3) is 0.167. The molecule has 1 aliphatic heterocycles. The van der Waals surface area contributed by atoms with Gasteiger partial charge in [-0.3, -0.25) is 14.2 Å². The van der Waals surface area contributed by atoms with Gasteiger partial charge in [-0.2, -0.15) is 0 Å². The second-order valence-corrected chi connectivity index (χ2v) is 9.77. The molecule has 0 unspecified atom stereocenters. The molecule has 4 heterocycles. The molecule has 0 saturated carbocycles. The number of amides is 1. The molecule has 0 radical (unpaired) electrons. The van der Waals surface area contributed by atoms with Gasteiger partial charge < -0.3 is 15.0 Å². The van der Waals surface area contributed by atoms with E-state index in [0.717, 1.165) is 21.3 Å². The number of hydrogen-bond acceptors (Lipinski definition) is 7. The number of primary amides is 1. The number of nitrogens with two attached hydrogens (primary N) is 1. The van der Waals surface area contributed by atoms with Gasteiger partial charge >= 0.3 is 5.97 Å². The minimum atomic E-state index is -0.609. The quantitative estimate of drug-likeness (QED) is 0.429. The van der Waals surface area contributed by atoms with Crippen LogP contribution < -0.4 is 20.6 Å². The van der Waals surface area contributed by atoms with E-state index in [4.69, 9.17) is 10.5 Å². The Balaban J connectivity index is 1.74. The van der Waals surface area contributed by atoms with Gasteiger partial charge in [-0.15, -0.1) is 11.3 Å². The molecule has 3 aromatic heterocycles. The van der Waals surface area contributed by atoms with Crippen molar-refractivity contribution in [1.29, 1.82) is 0 Å². The SMILES string of the molecule is COC(=O)C1=C(C)N=c2s/c(=C\c3cn(CC(N)=O)c4ccccc34)c(=O)n2[C@H]1c1cccs1. The number of thiazole rings is 1. The molecule has 0 spiro atoms. The number of allylic oxidation sites excluding steroid dienone is 1. The molecule has 8 nitrogen and oxygen atoms in total. The third-order valence-electron chi connectivity index (χ3n) is 5.67. The maximum atomic E-state index is 13.6. The number of thiophene rings is 1. The first-order valence-corrected chi connectivity index (χ1v) is 12.1. The smallest absolute Gasteiger partial charge is 0.338 e. The Labute approximate surface area is 201 Å². The summed E-state index contributed by atoms with van der Waals surface area (Å²) in [5, 5.41) is 2.80. The summed E-state index contributed by atoms with van der Waals surface area (Å²) in [7, 11) is 1.32. The highest BCUT2D eigenvalue weighted by molar-refractivity contribution is 7.10. The van der Waals surface area contributed by atoms with E-state index < -0.39 is 17.9 Å². The summed E-state index contributed by atoms with van der Waals surface area (Å²) >= 11 is 2.72. The second kappa shape index (κ2) is 8.54. The van der Waals surface area contributed by atoms with E-state index in [9.17, 15) is 14.4 Å². The molecule has 1 atom stereocenters. The summed E-state index contributed by atoms with van der Waals surface area (Å²) in [5.41, 5.74) is 7.68. The lowest BCUT2D eigenvalue weighted by molar-refractivity contribution is -0.136. The van der Waals surface area contributed by atoms with Crippen molar-refractivity contribution in [3.05, 3.63) is 89.4 Å². The molecule has 4 aromatic rings. The Bertz CT molecular complexity index is 1650. The predicted octanol–water partition coefficient (Wildman–Crippen LogP) is 1.91. The highest BCUT2D eigenvalue weighted by Gasteiger charge is 2.33. The summed E-state index contributed by atoms with van der Waals surface area (Å²) in [4.78, 5) is 43.8. The Morgan fingerprint density at radius 3 is 2.74 bits per heavy atom. The zero-order chi connectivity index (χ0) is 24.0. The standard InChI is InChI=1S/C24H20N4O4S2/c1-13-20(23(31)32-2)21(17-8-5-9-33-17)28-22(30)18(34-24(28)26-13)10-14-11-27(12-19(25)29)16-7-4-3-6-15(14)16/h3-11,21H,12H2,1-2H3,(H2,25,29)/b18-10-/t21-/m0/s1. The van der Waals surface area contributed by atoms with Gasteiger partial charge in [0.1, 0.15) is 12.6 Å². The fourth-order valence-electron chi connectivity index (χ4n) is 4.24. The van der Waals surface area contributed by atoms with E-state index in [1.54, 1.807) is 22.1 Å². The number of hydrogen-bond donors (Lipinski definition) is 1. The minimum absolute atomic E-state index is 0.0374. The van der Waals surface area contributed by atoms with Gasteiger partial charge in [0.15, 0.2) is 4.80 Å². The maximum Gasteiger partial charge on any atom is 0.338 e. The molecule has 5 rings (SSSR count). The normalized spacial score (nSPS) is 15.9. The number of fused-ring (bicyclic) bond motifs is 2. The summed E-state index contributed by atoms with van der Waals surface area (Å²) in [5.74, 6) is -0.961. The predicted molar refractivity (Wildman–Crippen MR) is 131 cm³/mol. The summed E-state index contributed by atoms with van der Waals surface area (Å²) < 4.78 is 8.82. The molecule has 0 aliphatic carbocycles. The lowest BCUT2D eigenvalue weighted by atomic mass is 10.0. The Hall–Kier alpha value is -3.76. The highest BCUT2D eigenvalue weighted by atomic mass is 32.1. The van der Waals surface area contributed by atoms with Gasteiger partial charge in [0.2, 0.25) is 5.91 Å². The summed E-state index contributed by atoms with van der Waals surface area (Å²) in [6.07, 6.45) is 3.61. The van der Waals surface area contributed by atoms with Crippen LogP contribution in [-0.2, 0) is 20.9 Å². The third-order valence-corrected chi connectivity index (χ3v) is 7.58.